The molecule has 3 N–H and O–H groups in total. The molecule has 0 fully saturated rings. The first kappa shape index (κ1) is 12.0. The van der Waals surface area contributed by atoms with Crippen molar-refractivity contribution in [3.05, 3.63) is 12.7 Å². The molecule has 12 heavy (non-hydrogen) atoms. The summed E-state index contributed by atoms with van der Waals surface area (Å²) in [6, 6.07) is 0. The summed E-state index contributed by atoms with van der Waals surface area (Å²) in [5.41, 5.74) is 0. The van der Waals surface area contributed by atoms with E-state index in [2.05, 4.69) is 11.9 Å². The fraction of sp³-hybridized carbons (Fsp3) is 0.750. The van der Waals surface area contributed by atoms with Crippen molar-refractivity contribution in [3.63, 3.8) is 0 Å². The van der Waals surface area contributed by atoms with Gasteiger partial charge in [0.1, 0.15) is 0 Å². The third-order valence-electron chi connectivity index (χ3n) is 1.25. The summed E-state index contributed by atoms with van der Waals surface area (Å²) in [7, 11) is 0. The van der Waals surface area contributed by atoms with Crippen LogP contribution < -0.4 is 5.32 Å². The maximum atomic E-state index is 8.93. The molecule has 0 aliphatic carbocycles. The van der Waals surface area contributed by atoms with Crippen LogP contribution in [0.25, 0.3) is 0 Å². The molecule has 1 atom stereocenters. The molecule has 0 saturated heterocycles. The van der Waals surface area contributed by atoms with Gasteiger partial charge >= 0.3 is 0 Å². The Bertz CT molecular complexity index is 111. The van der Waals surface area contributed by atoms with Crippen LogP contribution in [0.2, 0.25) is 0 Å². The van der Waals surface area contributed by atoms with E-state index in [0.29, 0.717) is 6.54 Å². The third kappa shape index (κ3) is 8.07. The first-order valence-corrected chi connectivity index (χ1v) is 5.15. The van der Waals surface area contributed by atoms with Crippen LogP contribution in [0.15, 0.2) is 12.7 Å². The molecule has 0 heterocycles. The summed E-state index contributed by atoms with van der Waals surface area (Å²) in [5, 5.41) is 20.4. The standard InChI is InChI=1S/C8H17NO2S/c1-2-4-12-5-3-9-6-8(11)7-10/h2,8-11H,1,3-7H2/t8-/m0/s1. The third-order valence-corrected chi connectivity index (χ3v) is 2.21. The van der Waals surface area contributed by atoms with Crippen LogP contribution in [0.1, 0.15) is 0 Å². The second kappa shape index (κ2) is 9.06. The van der Waals surface area contributed by atoms with Crippen molar-refractivity contribution >= 4 is 11.8 Å². The van der Waals surface area contributed by atoms with Crippen LogP contribution in [0.3, 0.4) is 0 Å². The molecule has 0 unspecified atom stereocenters. The number of aliphatic hydroxyl groups excluding tert-OH is 2. The van der Waals surface area contributed by atoms with Gasteiger partial charge in [0.2, 0.25) is 0 Å². The van der Waals surface area contributed by atoms with Crippen molar-refractivity contribution in [3.8, 4) is 0 Å². The van der Waals surface area contributed by atoms with Gasteiger partial charge in [0.05, 0.1) is 12.7 Å². The van der Waals surface area contributed by atoms with Gasteiger partial charge in [-0.2, -0.15) is 11.8 Å². The van der Waals surface area contributed by atoms with Crippen molar-refractivity contribution < 1.29 is 10.2 Å². The Labute approximate surface area is 77.9 Å². The van der Waals surface area contributed by atoms with Gasteiger partial charge < -0.3 is 15.5 Å². The average molecular weight is 191 g/mol. The maximum Gasteiger partial charge on any atom is 0.0894 e. The topological polar surface area (TPSA) is 52.5 Å². The normalized spacial score (nSPS) is 12.8. The van der Waals surface area contributed by atoms with E-state index in [0.717, 1.165) is 18.1 Å². The zero-order chi connectivity index (χ0) is 9.23. The van der Waals surface area contributed by atoms with Gasteiger partial charge in [-0.15, -0.1) is 6.58 Å². The van der Waals surface area contributed by atoms with Gasteiger partial charge in [-0.1, -0.05) is 6.08 Å². The molecule has 0 aliphatic heterocycles. The Kier molecular flexibility index (Phi) is 9.04. The van der Waals surface area contributed by atoms with Gasteiger partial charge in [0.25, 0.3) is 0 Å². The maximum absolute atomic E-state index is 8.93. The molecular formula is C8H17NO2S. The number of hydrogen-bond donors (Lipinski definition) is 3. The number of aliphatic hydroxyl groups is 2. The fourth-order valence-corrected chi connectivity index (χ4v) is 1.27. The highest BCUT2D eigenvalue weighted by molar-refractivity contribution is 7.99. The molecule has 0 aromatic carbocycles. The monoisotopic (exact) mass is 191 g/mol. The lowest BCUT2D eigenvalue weighted by Crippen LogP contribution is -2.30. The number of thioether (sulfide) groups is 1. The number of nitrogens with one attached hydrogen (secondary N) is 1. The Balaban J connectivity index is 2.95. The molecule has 0 bridgehead atoms. The van der Waals surface area contributed by atoms with E-state index >= 15 is 0 Å². The van der Waals surface area contributed by atoms with Crippen LogP contribution in [-0.4, -0.2) is 47.5 Å². The Morgan fingerprint density at radius 1 is 1.58 bits per heavy atom. The highest BCUT2D eigenvalue weighted by Gasteiger charge is 1.98. The largest absolute Gasteiger partial charge is 0.394 e. The van der Waals surface area contributed by atoms with Gasteiger partial charge in [-0.05, 0) is 0 Å². The predicted octanol–water partition coefficient (Wildman–Crippen LogP) is -0.152. The highest BCUT2D eigenvalue weighted by atomic mass is 32.2. The van der Waals surface area contributed by atoms with Crippen LogP contribution in [0.5, 0.6) is 0 Å². The summed E-state index contributed by atoms with van der Waals surface area (Å²) >= 11 is 1.79. The summed E-state index contributed by atoms with van der Waals surface area (Å²) in [4.78, 5) is 0. The Morgan fingerprint density at radius 2 is 2.33 bits per heavy atom. The average Bonchev–Trinajstić information content (AvgIpc) is 2.10. The summed E-state index contributed by atoms with van der Waals surface area (Å²) in [6.45, 7) is 4.75. The molecule has 4 heteroatoms. The quantitative estimate of drug-likeness (QED) is 0.369. The first-order valence-electron chi connectivity index (χ1n) is 3.99. The van der Waals surface area contributed by atoms with Crippen LogP contribution in [0, 0.1) is 0 Å². The smallest absolute Gasteiger partial charge is 0.0894 e. The van der Waals surface area contributed by atoms with Crippen LogP contribution >= 0.6 is 11.8 Å². The lowest BCUT2D eigenvalue weighted by atomic mass is 10.4. The zero-order valence-electron chi connectivity index (χ0n) is 7.20. The van der Waals surface area contributed by atoms with Crippen molar-refractivity contribution in [1.82, 2.24) is 5.32 Å². The summed E-state index contributed by atoms with van der Waals surface area (Å²) in [6.07, 6.45) is 1.24. The minimum absolute atomic E-state index is 0.174. The zero-order valence-corrected chi connectivity index (χ0v) is 8.02. The first-order chi connectivity index (χ1) is 5.81. The molecule has 0 spiro atoms. The molecule has 0 rings (SSSR count). The van der Waals surface area contributed by atoms with E-state index in [1.807, 2.05) is 6.08 Å². The van der Waals surface area contributed by atoms with Crippen molar-refractivity contribution in [2.45, 2.75) is 6.10 Å². The molecule has 3 nitrogen and oxygen atoms in total. The van der Waals surface area contributed by atoms with Gasteiger partial charge in [0, 0.05) is 24.6 Å². The van der Waals surface area contributed by atoms with Crippen molar-refractivity contribution in [2.24, 2.45) is 0 Å². The minimum Gasteiger partial charge on any atom is -0.394 e. The molecule has 0 aromatic rings. The Morgan fingerprint density at radius 3 is 2.92 bits per heavy atom. The molecule has 0 amide bonds. The molecule has 72 valence electrons. The molecule has 0 saturated carbocycles. The van der Waals surface area contributed by atoms with E-state index in [-0.39, 0.29) is 6.61 Å². The van der Waals surface area contributed by atoms with Gasteiger partial charge in [-0.25, -0.2) is 0 Å². The van der Waals surface area contributed by atoms with E-state index in [9.17, 15) is 0 Å². The minimum atomic E-state index is -0.630. The van der Waals surface area contributed by atoms with Gasteiger partial charge in [-0.3, -0.25) is 0 Å². The molecule has 0 aliphatic rings. The van der Waals surface area contributed by atoms with E-state index < -0.39 is 6.10 Å². The van der Waals surface area contributed by atoms with Crippen molar-refractivity contribution in [1.29, 1.82) is 0 Å². The Hall–Kier alpha value is -0.0300. The number of hydrogen-bond acceptors (Lipinski definition) is 4. The lowest BCUT2D eigenvalue weighted by Gasteiger charge is -2.07. The molecular weight excluding hydrogens is 174 g/mol. The summed E-state index contributed by atoms with van der Waals surface area (Å²) < 4.78 is 0. The second-order valence-electron chi connectivity index (χ2n) is 2.40. The molecule has 0 radical (unpaired) electrons. The lowest BCUT2D eigenvalue weighted by molar-refractivity contribution is 0.0950. The van der Waals surface area contributed by atoms with Crippen molar-refractivity contribution in [2.75, 3.05) is 31.2 Å². The summed E-state index contributed by atoms with van der Waals surface area (Å²) in [5.74, 6) is 1.97. The van der Waals surface area contributed by atoms with Crippen LogP contribution in [-0.2, 0) is 0 Å². The number of rotatable bonds is 8. The predicted molar refractivity (Wildman–Crippen MR) is 53.5 cm³/mol. The SMILES string of the molecule is C=CCSCCNC[C@H](O)CO. The highest BCUT2D eigenvalue weighted by Crippen LogP contribution is 1.96. The van der Waals surface area contributed by atoms with E-state index in [1.54, 1.807) is 11.8 Å². The van der Waals surface area contributed by atoms with E-state index in [1.165, 1.54) is 0 Å². The van der Waals surface area contributed by atoms with Gasteiger partial charge in [0.15, 0.2) is 0 Å². The molecule has 0 aromatic heterocycles. The second-order valence-corrected chi connectivity index (χ2v) is 3.55. The van der Waals surface area contributed by atoms with E-state index in [4.69, 9.17) is 10.2 Å². The fourth-order valence-electron chi connectivity index (χ4n) is 0.644. The van der Waals surface area contributed by atoms with Crippen LogP contribution in [0.4, 0.5) is 0 Å².